The molecule has 0 bridgehead atoms. The van der Waals surface area contributed by atoms with Crippen LogP contribution in [0.15, 0.2) is 0 Å². The summed E-state index contributed by atoms with van der Waals surface area (Å²) in [5.41, 5.74) is 0. The monoisotopic (exact) mass is 101 g/mol. The quantitative estimate of drug-likeness (QED) is 0.444. The summed E-state index contributed by atoms with van der Waals surface area (Å²) in [5, 5.41) is 0. The highest BCUT2D eigenvalue weighted by atomic mass is 16.7. The molecule has 1 saturated heterocycles. The molecule has 0 amide bonds. The average Bonchev–Trinajstić information content (AvgIpc) is 1.87. The molecule has 2 heteroatoms. The summed E-state index contributed by atoms with van der Waals surface area (Å²) in [6.45, 7) is 6.15. The van der Waals surface area contributed by atoms with Crippen molar-refractivity contribution >= 4 is 0 Å². The summed E-state index contributed by atoms with van der Waals surface area (Å²) < 4.78 is 10.0. The van der Waals surface area contributed by atoms with E-state index in [1.165, 1.54) is 0 Å². The minimum atomic E-state index is -0.0394. The predicted octanol–water partition coefficient (Wildman–Crippen LogP) is 0.582. The number of hydrogen-bond donors (Lipinski definition) is 0. The lowest BCUT2D eigenvalue weighted by Crippen LogP contribution is -2.04. The molecule has 1 heterocycles. The SMILES string of the molecule is [CH2]C1COC(C)O1. The molecule has 1 aliphatic heterocycles. The van der Waals surface area contributed by atoms with Crippen molar-refractivity contribution in [1.29, 1.82) is 0 Å². The molecule has 1 aliphatic rings. The zero-order valence-electron chi connectivity index (χ0n) is 4.39. The van der Waals surface area contributed by atoms with Gasteiger partial charge in [0.1, 0.15) is 0 Å². The summed E-state index contributed by atoms with van der Waals surface area (Å²) in [6.07, 6.45) is 0.0116. The lowest BCUT2D eigenvalue weighted by Gasteiger charge is -1.98. The molecule has 0 aromatic carbocycles. The van der Waals surface area contributed by atoms with Crippen molar-refractivity contribution in [2.24, 2.45) is 0 Å². The van der Waals surface area contributed by atoms with E-state index < -0.39 is 0 Å². The molecule has 7 heavy (non-hydrogen) atoms. The largest absolute Gasteiger partial charge is 0.350 e. The maximum Gasteiger partial charge on any atom is 0.155 e. The third-order valence-electron chi connectivity index (χ3n) is 0.901. The Morgan fingerprint density at radius 3 is 2.57 bits per heavy atom. The van der Waals surface area contributed by atoms with E-state index in [2.05, 4.69) is 6.92 Å². The van der Waals surface area contributed by atoms with Crippen molar-refractivity contribution < 1.29 is 9.47 Å². The summed E-state index contributed by atoms with van der Waals surface area (Å²) in [4.78, 5) is 0. The van der Waals surface area contributed by atoms with E-state index in [1.807, 2.05) is 6.92 Å². The average molecular weight is 101 g/mol. The second-order valence-corrected chi connectivity index (χ2v) is 1.66. The maximum atomic E-state index is 5.03. The fourth-order valence-electron chi connectivity index (χ4n) is 0.592. The molecule has 1 fully saturated rings. The molecule has 0 N–H and O–H groups in total. The maximum absolute atomic E-state index is 5.03. The van der Waals surface area contributed by atoms with Gasteiger partial charge in [0.25, 0.3) is 0 Å². The van der Waals surface area contributed by atoms with Crippen LogP contribution in [0.2, 0.25) is 0 Å². The topological polar surface area (TPSA) is 18.5 Å². The van der Waals surface area contributed by atoms with Crippen LogP contribution in [0.4, 0.5) is 0 Å². The molecule has 0 aliphatic carbocycles. The molecule has 2 unspecified atom stereocenters. The standard InChI is InChI=1S/C5H9O2/c1-4-3-6-5(2)7-4/h4-5H,1,3H2,2H3. The number of ether oxygens (including phenoxy) is 2. The van der Waals surface area contributed by atoms with E-state index in [4.69, 9.17) is 9.47 Å². The molecule has 0 aromatic heterocycles. The molecule has 0 aromatic rings. The normalized spacial score (nSPS) is 42.0. The molecule has 41 valence electrons. The first-order valence-corrected chi connectivity index (χ1v) is 2.39. The van der Waals surface area contributed by atoms with Crippen LogP contribution in [0.5, 0.6) is 0 Å². The zero-order valence-corrected chi connectivity index (χ0v) is 4.39. The van der Waals surface area contributed by atoms with E-state index in [9.17, 15) is 0 Å². The second kappa shape index (κ2) is 1.80. The lowest BCUT2D eigenvalue weighted by molar-refractivity contribution is -0.0352. The molecule has 0 spiro atoms. The Bertz CT molecular complexity index is 55.1. The highest BCUT2D eigenvalue weighted by Crippen LogP contribution is 2.07. The van der Waals surface area contributed by atoms with Gasteiger partial charge in [-0.05, 0) is 13.8 Å². The van der Waals surface area contributed by atoms with E-state index >= 15 is 0 Å². The Balaban J connectivity index is 2.26. The summed E-state index contributed by atoms with van der Waals surface area (Å²) >= 11 is 0. The van der Waals surface area contributed by atoms with Crippen molar-refractivity contribution in [3.8, 4) is 0 Å². The van der Waals surface area contributed by atoms with Crippen LogP contribution in [-0.4, -0.2) is 19.0 Å². The number of hydrogen-bond acceptors (Lipinski definition) is 2. The number of rotatable bonds is 0. The molecule has 2 nitrogen and oxygen atoms in total. The van der Waals surface area contributed by atoms with E-state index in [1.54, 1.807) is 0 Å². The molecular formula is C5H9O2. The zero-order chi connectivity index (χ0) is 5.28. The lowest BCUT2D eigenvalue weighted by atomic mass is 10.5. The fourth-order valence-corrected chi connectivity index (χ4v) is 0.592. The molecular weight excluding hydrogens is 92.1 g/mol. The van der Waals surface area contributed by atoms with Gasteiger partial charge in [0.05, 0.1) is 12.7 Å². The van der Waals surface area contributed by atoms with Crippen molar-refractivity contribution in [3.63, 3.8) is 0 Å². The Kier molecular flexibility index (Phi) is 1.30. The first-order chi connectivity index (χ1) is 3.29. The smallest absolute Gasteiger partial charge is 0.155 e. The van der Waals surface area contributed by atoms with E-state index in [0.717, 1.165) is 0 Å². The van der Waals surface area contributed by atoms with Gasteiger partial charge < -0.3 is 9.47 Å². The van der Waals surface area contributed by atoms with Crippen LogP contribution in [-0.2, 0) is 9.47 Å². The second-order valence-electron chi connectivity index (χ2n) is 1.66. The summed E-state index contributed by atoms with van der Waals surface area (Å²) in [6, 6.07) is 0. The van der Waals surface area contributed by atoms with Gasteiger partial charge in [0.15, 0.2) is 6.29 Å². The van der Waals surface area contributed by atoms with Crippen LogP contribution in [0, 0.1) is 6.92 Å². The first kappa shape index (κ1) is 5.06. The fraction of sp³-hybridized carbons (Fsp3) is 0.800. The third kappa shape index (κ3) is 1.14. The molecule has 0 saturated carbocycles. The van der Waals surface area contributed by atoms with Gasteiger partial charge in [-0.2, -0.15) is 0 Å². The van der Waals surface area contributed by atoms with Gasteiger partial charge in [0.2, 0.25) is 0 Å². The highest BCUT2D eigenvalue weighted by Gasteiger charge is 2.16. The van der Waals surface area contributed by atoms with Crippen LogP contribution in [0.1, 0.15) is 6.92 Å². The van der Waals surface area contributed by atoms with Gasteiger partial charge in [-0.25, -0.2) is 0 Å². The minimum Gasteiger partial charge on any atom is -0.350 e. The van der Waals surface area contributed by atoms with E-state index in [-0.39, 0.29) is 12.4 Å². The third-order valence-corrected chi connectivity index (χ3v) is 0.901. The Morgan fingerprint density at radius 2 is 2.43 bits per heavy atom. The Labute approximate surface area is 43.4 Å². The predicted molar refractivity (Wildman–Crippen MR) is 25.6 cm³/mol. The minimum absolute atomic E-state index is 0.0394. The first-order valence-electron chi connectivity index (χ1n) is 2.39. The van der Waals surface area contributed by atoms with Gasteiger partial charge in [-0.3, -0.25) is 0 Å². The van der Waals surface area contributed by atoms with Crippen molar-refractivity contribution in [3.05, 3.63) is 6.92 Å². The van der Waals surface area contributed by atoms with Crippen LogP contribution in [0.25, 0.3) is 0 Å². The van der Waals surface area contributed by atoms with Gasteiger partial charge in [-0.1, -0.05) is 0 Å². The van der Waals surface area contributed by atoms with Gasteiger partial charge >= 0.3 is 0 Å². The van der Waals surface area contributed by atoms with Crippen LogP contribution in [0.3, 0.4) is 0 Å². The van der Waals surface area contributed by atoms with E-state index in [0.29, 0.717) is 6.61 Å². The molecule has 1 radical (unpaired) electrons. The van der Waals surface area contributed by atoms with Gasteiger partial charge in [-0.15, -0.1) is 0 Å². The molecule has 1 rings (SSSR count). The molecule has 2 atom stereocenters. The summed E-state index contributed by atoms with van der Waals surface area (Å²) in [7, 11) is 0. The van der Waals surface area contributed by atoms with Crippen molar-refractivity contribution in [2.45, 2.75) is 19.3 Å². The Hall–Kier alpha value is -0.0800. The van der Waals surface area contributed by atoms with Crippen molar-refractivity contribution in [1.82, 2.24) is 0 Å². The summed E-state index contributed by atoms with van der Waals surface area (Å²) in [5.74, 6) is 0. The highest BCUT2D eigenvalue weighted by molar-refractivity contribution is 4.63. The Morgan fingerprint density at radius 1 is 1.71 bits per heavy atom. The van der Waals surface area contributed by atoms with Gasteiger partial charge in [0, 0.05) is 0 Å². The van der Waals surface area contributed by atoms with Crippen molar-refractivity contribution in [2.75, 3.05) is 6.61 Å². The van der Waals surface area contributed by atoms with Crippen LogP contribution < -0.4 is 0 Å². The van der Waals surface area contributed by atoms with Crippen LogP contribution >= 0.6 is 0 Å².